The minimum atomic E-state index is -1.52. The SMILES string of the molecule is CC(=O)OC(CC(=O)ON1C(=O)CCC1=O)C(=O)OC(C)(C)C. The third-order valence-corrected chi connectivity index (χ3v) is 2.53. The number of carbonyl (C=O) groups excluding carboxylic acids is 5. The largest absolute Gasteiger partial charge is 0.457 e. The normalized spacial score (nSPS) is 16.1. The van der Waals surface area contributed by atoms with Crippen LogP contribution in [-0.4, -0.2) is 46.5 Å². The van der Waals surface area contributed by atoms with Gasteiger partial charge in [-0.05, 0) is 20.8 Å². The van der Waals surface area contributed by atoms with Crippen molar-refractivity contribution < 1.29 is 38.3 Å². The Kier molecular flexibility index (Phi) is 5.83. The van der Waals surface area contributed by atoms with E-state index in [1.165, 1.54) is 0 Å². The second-order valence-corrected chi connectivity index (χ2v) is 5.88. The van der Waals surface area contributed by atoms with Crippen molar-refractivity contribution in [1.82, 2.24) is 5.06 Å². The van der Waals surface area contributed by atoms with Crippen molar-refractivity contribution in [3.8, 4) is 0 Å². The zero-order valence-electron chi connectivity index (χ0n) is 13.4. The summed E-state index contributed by atoms with van der Waals surface area (Å²) in [6, 6.07) is 0. The van der Waals surface area contributed by atoms with Crippen LogP contribution in [0.4, 0.5) is 0 Å². The van der Waals surface area contributed by atoms with Gasteiger partial charge in [-0.2, -0.15) is 0 Å². The molecule has 128 valence electrons. The van der Waals surface area contributed by atoms with E-state index in [-0.39, 0.29) is 12.8 Å². The first-order valence-electron chi connectivity index (χ1n) is 6.96. The molecule has 0 aromatic carbocycles. The summed E-state index contributed by atoms with van der Waals surface area (Å²) in [6.45, 7) is 5.89. The standard InChI is InChI=1S/C14H19NO8/c1-8(16)21-9(13(20)22-14(2,3)4)7-12(19)23-15-10(17)5-6-11(15)18/h9H,5-7H2,1-4H3. The number of carbonyl (C=O) groups is 5. The Morgan fingerprint density at radius 3 is 2.09 bits per heavy atom. The van der Waals surface area contributed by atoms with E-state index >= 15 is 0 Å². The Hall–Kier alpha value is -2.45. The fraction of sp³-hybridized carbons (Fsp3) is 0.643. The number of esters is 2. The molecule has 0 N–H and O–H groups in total. The molecule has 1 unspecified atom stereocenters. The number of rotatable bonds is 5. The lowest BCUT2D eigenvalue weighted by Crippen LogP contribution is -2.38. The van der Waals surface area contributed by atoms with E-state index < -0.39 is 47.8 Å². The molecule has 0 radical (unpaired) electrons. The smallest absolute Gasteiger partial charge is 0.348 e. The van der Waals surface area contributed by atoms with Crippen molar-refractivity contribution in [1.29, 1.82) is 0 Å². The van der Waals surface area contributed by atoms with Crippen LogP contribution in [0.3, 0.4) is 0 Å². The summed E-state index contributed by atoms with van der Waals surface area (Å²) in [5, 5.41) is 0.349. The van der Waals surface area contributed by atoms with Crippen LogP contribution in [-0.2, 0) is 38.3 Å². The lowest BCUT2D eigenvalue weighted by molar-refractivity contribution is -0.201. The van der Waals surface area contributed by atoms with Crippen LogP contribution in [0.5, 0.6) is 0 Å². The molecule has 1 saturated heterocycles. The number of nitrogens with zero attached hydrogens (tertiary/aromatic N) is 1. The predicted molar refractivity (Wildman–Crippen MR) is 73.2 cm³/mol. The molecule has 23 heavy (non-hydrogen) atoms. The van der Waals surface area contributed by atoms with Gasteiger partial charge in [0.1, 0.15) is 5.60 Å². The van der Waals surface area contributed by atoms with Gasteiger partial charge < -0.3 is 14.3 Å². The quantitative estimate of drug-likeness (QED) is 0.521. The van der Waals surface area contributed by atoms with Crippen molar-refractivity contribution in [2.24, 2.45) is 0 Å². The van der Waals surface area contributed by atoms with Crippen LogP contribution in [0.15, 0.2) is 0 Å². The van der Waals surface area contributed by atoms with Crippen LogP contribution >= 0.6 is 0 Å². The maximum Gasteiger partial charge on any atom is 0.348 e. The van der Waals surface area contributed by atoms with Gasteiger partial charge in [0.05, 0.1) is 6.42 Å². The number of imide groups is 1. The summed E-state index contributed by atoms with van der Waals surface area (Å²) in [5.41, 5.74) is -0.847. The molecule has 0 saturated carbocycles. The third kappa shape index (κ3) is 6.05. The van der Waals surface area contributed by atoms with Gasteiger partial charge in [0.25, 0.3) is 11.8 Å². The highest BCUT2D eigenvalue weighted by molar-refractivity contribution is 6.01. The van der Waals surface area contributed by atoms with Gasteiger partial charge in [0.15, 0.2) is 0 Å². The lowest BCUT2D eigenvalue weighted by atomic mass is 10.2. The highest BCUT2D eigenvalue weighted by Gasteiger charge is 2.36. The Bertz CT molecular complexity index is 517. The highest BCUT2D eigenvalue weighted by atomic mass is 16.7. The summed E-state index contributed by atoms with van der Waals surface area (Å²) in [5.74, 6) is -4.08. The minimum Gasteiger partial charge on any atom is -0.457 e. The van der Waals surface area contributed by atoms with Gasteiger partial charge in [-0.1, -0.05) is 0 Å². The molecule has 0 aromatic rings. The molecule has 1 atom stereocenters. The Morgan fingerprint density at radius 2 is 1.65 bits per heavy atom. The van der Waals surface area contributed by atoms with Crippen LogP contribution in [0.2, 0.25) is 0 Å². The molecule has 0 bridgehead atoms. The first-order valence-corrected chi connectivity index (χ1v) is 6.96. The highest BCUT2D eigenvalue weighted by Crippen LogP contribution is 2.15. The van der Waals surface area contributed by atoms with E-state index in [9.17, 15) is 24.0 Å². The number of ether oxygens (including phenoxy) is 2. The van der Waals surface area contributed by atoms with Crippen molar-refractivity contribution in [3.63, 3.8) is 0 Å². The maximum absolute atomic E-state index is 11.9. The molecular formula is C14H19NO8. The van der Waals surface area contributed by atoms with Gasteiger partial charge in [-0.25, -0.2) is 9.59 Å². The topological polar surface area (TPSA) is 116 Å². The van der Waals surface area contributed by atoms with E-state index in [4.69, 9.17) is 9.47 Å². The fourth-order valence-electron chi connectivity index (χ4n) is 1.69. The van der Waals surface area contributed by atoms with Gasteiger partial charge in [0.2, 0.25) is 6.10 Å². The molecule has 2 amide bonds. The Morgan fingerprint density at radius 1 is 1.13 bits per heavy atom. The molecule has 1 aliphatic heterocycles. The molecule has 0 aliphatic carbocycles. The molecule has 1 aliphatic rings. The first-order chi connectivity index (χ1) is 10.5. The zero-order chi connectivity index (χ0) is 17.8. The van der Waals surface area contributed by atoms with E-state index in [1.807, 2.05) is 0 Å². The number of amides is 2. The average molecular weight is 329 g/mol. The van der Waals surface area contributed by atoms with Gasteiger partial charge in [-0.3, -0.25) is 14.4 Å². The maximum atomic E-state index is 11.9. The van der Waals surface area contributed by atoms with E-state index in [1.54, 1.807) is 20.8 Å². The summed E-state index contributed by atoms with van der Waals surface area (Å²) in [4.78, 5) is 62.1. The number of hydroxylamine groups is 2. The van der Waals surface area contributed by atoms with Gasteiger partial charge in [0, 0.05) is 19.8 Å². The van der Waals surface area contributed by atoms with Crippen molar-refractivity contribution in [3.05, 3.63) is 0 Å². The van der Waals surface area contributed by atoms with E-state index in [2.05, 4.69) is 4.84 Å². The Balaban J connectivity index is 2.70. The molecular weight excluding hydrogens is 310 g/mol. The second-order valence-electron chi connectivity index (χ2n) is 5.88. The second kappa shape index (κ2) is 7.21. The van der Waals surface area contributed by atoms with E-state index in [0.717, 1.165) is 6.92 Å². The monoisotopic (exact) mass is 329 g/mol. The number of hydrogen-bond donors (Lipinski definition) is 0. The molecule has 1 heterocycles. The minimum absolute atomic E-state index is 0.0500. The number of hydrogen-bond acceptors (Lipinski definition) is 8. The Labute approximate surface area is 132 Å². The van der Waals surface area contributed by atoms with Crippen molar-refractivity contribution in [2.75, 3.05) is 0 Å². The van der Waals surface area contributed by atoms with Crippen molar-refractivity contribution >= 4 is 29.7 Å². The molecule has 0 aromatic heterocycles. The van der Waals surface area contributed by atoms with Crippen LogP contribution in [0.25, 0.3) is 0 Å². The molecule has 9 nitrogen and oxygen atoms in total. The fourth-order valence-corrected chi connectivity index (χ4v) is 1.69. The predicted octanol–water partition coefficient (Wildman–Crippen LogP) is 0.257. The summed E-state index contributed by atoms with van der Waals surface area (Å²) >= 11 is 0. The van der Waals surface area contributed by atoms with E-state index in [0.29, 0.717) is 5.06 Å². The summed E-state index contributed by atoms with van der Waals surface area (Å²) in [7, 11) is 0. The van der Waals surface area contributed by atoms with Crippen LogP contribution < -0.4 is 0 Å². The third-order valence-electron chi connectivity index (χ3n) is 2.53. The van der Waals surface area contributed by atoms with Crippen molar-refractivity contribution in [2.45, 2.75) is 58.7 Å². The summed E-state index contributed by atoms with van der Waals surface area (Å²) < 4.78 is 9.79. The molecule has 0 spiro atoms. The summed E-state index contributed by atoms with van der Waals surface area (Å²) in [6.07, 6.45) is -2.30. The van der Waals surface area contributed by atoms with Gasteiger partial charge in [-0.15, -0.1) is 5.06 Å². The van der Waals surface area contributed by atoms with Crippen LogP contribution in [0, 0.1) is 0 Å². The molecule has 1 rings (SSSR count). The molecule has 1 fully saturated rings. The van der Waals surface area contributed by atoms with Crippen LogP contribution in [0.1, 0.15) is 47.0 Å². The molecule has 9 heteroatoms. The first kappa shape index (κ1) is 18.6. The zero-order valence-corrected chi connectivity index (χ0v) is 13.4. The van der Waals surface area contributed by atoms with Gasteiger partial charge >= 0.3 is 17.9 Å². The average Bonchev–Trinajstić information content (AvgIpc) is 2.67. The lowest BCUT2D eigenvalue weighted by Gasteiger charge is -2.23.